The van der Waals surface area contributed by atoms with E-state index in [0.717, 1.165) is 26.6 Å². The van der Waals surface area contributed by atoms with Crippen LogP contribution in [0.2, 0.25) is 0 Å². The maximum atomic E-state index is 12.6. The molecule has 3 aromatic rings. The van der Waals surface area contributed by atoms with Crippen LogP contribution in [0.3, 0.4) is 0 Å². The molecule has 20 heavy (non-hydrogen) atoms. The number of hydrogen-bond acceptors (Lipinski definition) is 2. The van der Waals surface area contributed by atoms with Gasteiger partial charge in [-0.15, -0.1) is 0 Å². The number of halogens is 1. The summed E-state index contributed by atoms with van der Waals surface area (Å²) >= 11 is 3.45. The van der Waals surface area contributed by atoms with Crippen molar-refractivity contribution in [2.24, 2.45) is 0 Å². The highest BCUT2D eigenvalue weighted by Gasteiger charge is 2.17. The van der Waals surface area contributed by atoms with Crippen LogP contribution in [-0.4, -0.2) is 5.78 Å². The Labute approximate surface area is 125 Å². The molecule has 1 aromatic heterocycles. The first-order valence-electron chi connectivity index (χ1n) is 6.37. The van der Waals surface area contributed by atoms with Gasteiger partial charge >= 0.3 is 0 Å². The number of ketones is 1. The molecule has 100 valence electrons. The second kappa shape index (κ2) is 4.91. The molecule has 0 N–H and O–H groups in total. The van der Waals surface area contributed by atoms with Crippen LogP contribution in [0.1, 0.15) is 27.2 Å². The van der Waals surface area contributed by atoms with Gasteiger partial charge < -0.3 is 4.42 Å². The molecule has 1 heterocycles. The van der Waals surface area contributed by atoms with E-state index >= 15 is 0 Å². The summed E-state index contributed by atoms with van der Waals surface area (Å²) in [7, 11) is 0. The van der Waals surface area contributed by atoms with Gasteiger partial charge in [0, 0.05) is 15.4 Å². The lowest BCUT2D eigenvalue weighted by Gasteiger charge is -2.04. The minimum atomic E-state index is -0.0839. The summed E-state index contributed by atoms with van der Waals surface area (Å²) in [5.41, 5.74) is 3.40. The molecule has 0 amide bonds. The Morgan fingerprint density at radius 1 is 1.10 bits per heavy atom. The number of aryl methyl sites for hydroxylation is 1. The number of para-hydroxylation sites is 1. The number of benzene rings is 2. The molecule has 0 atom stereocenters. The van der Waals surface area contributed by atoms with Crippen molar-refractivity contribution < 1.29 is 9.21 Å². The van der Waals surface area contributed by atoms with E-state index in [9.17, 15) is 4.79 Å². The van der Waals surface area contributed by atoms with Crippen molar-refractivity contribution in [1.29, 1.82) is 0 Å². The van der Waals surface area contributed by atoms with Gasteiger partial charge in [0.2, 0.25) is 5.78 Å². The van der Waals surface area contributed by atoms with E-state index in [1.165, 1.54) is 0 Å². The molecule has 0 aliphatic rings. The van der Waals surface area contributed by atoms with Gasteiger partial charge in [0.05, 0.1) is 0 Å². The average Bonchev–Trinajstić information content (AvgIpc) is 2.87. The van der Waals surface area contributed by atoms with Crippen LogP contribution >= 0.6 is 15.9 Å². The van der Waals surface area contributed by atoms with E-state index in [1.54, 1.807) is 0 Å². The predicted octanol–water partition coefficient (Wildman–Crippen LogP) is 5.04. The fraction of sp³-hybridized carbons (Fsp3) is 0.118. The van der Waals surface area contributed by atoms with Crippen LogP contribution in [0, 0.1) is 13.8 Å². The van der Waals surface area contributed by atoms with Crippen LogP contribution in [0.25, 0.3) is 11.0 Å². The quantitative estimate of drug-likeness (QED) is 0.616. The zero-order chi connectivity index (χ0) is 14.3. The number of fused-ring (bicyclic) bond motifs is 1. The normalized spacial score (nSPS) is 10.9. The molecule has 0 saturated carbocycles. The fourth-order valence-electron chi connectivity index (χ4n) is 2.31. The summed E-state index contributed by atoms with van der Waals surface area (Å²) in [5.74, 6) is 0.301. The molecular formula is C17H13BrO2. The van der Waals surface area contributed by atoms with Crippen LogP contribution in [0.5, 0.6) is 0 Å². The molecule has 3 rings (SSSR count). The van der Waals surface area contributed by atoms with Crippen LogP contribution in [-0.2, 0) is 0 Å². The highest BCUT2D eigenvalue weighted by Crippen LogP contribution is 2.26. The smallest absolute Gasteiger partial charge is 0.228 e. The Morgan fingerprint density at radius 2 is 1.85 bits per heavy atom. The Hall–Kier alpha value is -1.87. The summed E-state index contributed by atoms with van der Waals surface area (Å²) in [6.07, 6.45) is 0. The standard InChI is InChI=1S/C17H13BrO2/c1-10-5-3-6-12-9-15(20-17(10)12)16(19)13-7-4-8-14(18)11(13)2/h3-9H,1-2H3. The summed E-state index contributed by atoms with van der Waals surface area (Å²) in [4.78, 5) is 12.6. The van der Waals surface area contributed by atoms with Crippen molar-refractivity contribution in [1.82, 2.24) is 0 Å². The summed E-state index contributed by atoms with van der Waals surface area (Å²) in [5, 5.41) is 0.959. The third-order valence-corrected chi connectivity index (χ3v) is 4.34. The van der Waals surface area contributed by atoms with Crippen molar-refractivity contribution in [2.75, 3.05) is 0 Å². The molecule has 3 heteroatoms. The maximum absolute atomic E-state index is 12.6. The maximum Gasteiger partial charge on any atom is 0.228 e. The molecule has 0 unspecified atom stereocenters. The van der Waals surface area contributed by atoms with Crippen LogP contribution in [0.4, 0.5) is 0 Å². The van der Waals surface area contributed by atoms with Crippen molar-refractivity contribution in [3.63, 3.8) is 0 Å². The Morgan fingerprint density at radius 3 is 2.60 bits per heavy atom. The first-order valence-corrected chi connectivity index (χ1v) is 7.16. The highest BCUT2D eigenvalue weighted by molar-refractivity contribution is 9.10. The molecule has 2 aromatic carbocycles. The molecule has 2 nitrogen and oxygen atoms in total. The zero-order valence-electron chi connectivity index (χ0n) is 11.2. The largest absolute Gasteiger partial charge is 0.452 e. The molecule has 0 fully saturated rings. The first-order chi connectivity index (χ1) is 9.58. The van der Waals surface area contributed by atoms with Crippen molar-refractivity contribution >= 4 is 32.7 Å². The molecule has 0 radical (unpaired) electrons. The molecule has 0 saturated heterocycles. The SMILES string of the molecule is Cc1c(Br)cccc1C(=O)c1cc2cccc(C)c2o1. The minimum absolute atomic E-state index is 0.0839. The number of furan rings is 1. The number of hydrogen-bond donors (Lipinski definition) is 0. The van der Waals surface area contributed by atoms with Gasteiger partial charge in [-0.25, -0.2) is 0 Å². The van der Waals surface area contributed by atoms with Gasteiger partial charge in [-0.05, 0) is 37.1 Å². The van der Waals surface area contributed by atoms with Crippen molar-refractivity contribution in [2.45, 2.75) is 13.8 Å². The van der Waals surface area contributed by atoms with Gasteiger partial charge in [-0.3, -0.25) is 4.79 Å². The van der Waals surface area contributed by atoms with Gasteiger partial charge in [-0.2, -0.15) is 0 Å². The van der Waals surface area contributed by atoms with Gasteiger partial charge in [0.25, 0.3) is 0 Å². The second-order valence-corrected chi connectivity index (χ2v) is 5.70. The van der Waals surface area contributed by atoms with E-state index in [4.69, 9.17) is 4.42 Å². The third kappa shape index (κ3) is 2.08. The second-order valence-electron chi connectivity index (χ2n) is 4.85. The van der Waals surface area contributed by atoms with E-state index in [1.807, 2.05) is 56.3 Å². The predicted molar refractivity (Wildman–Crippen MR) is 83.3 cm³/mol. The molecule has 0 aliphatic carbocycles. The third-order valence-electron chi connectivity index (χ3n) is 3.48. The monoisotopic (exact) mass is 328 g/mol. The van der Waals surface area contributed by atoms with Crippen LogP contribution in [0.15, 0.2) is 51.4 Å². The van der Waals surface area contributed by atoms with Crippen molar-refractivity contribution in [3.8, 4) is 0 Å². The average molecular weight is 329 g/mol. The summed E-state index contributed by atoms with van der Waals surface area (Å²) in [6, 6.07) is 13.3. The Kier molecular flexibility index (Phi) is 3.22. The Bertz CT molecular complexity index is 815. The number of carbonyl (C=O) groups is 1. The molecule has 0 bridgehead atoms. The number of carbonyl (C=O) groups excluding carboxylic acids is 1. The molecule has 0 aliphatic heterocycles. The molecule has 0 spiro atoms. The van der Waals surface area contributed by atoms with E-state index in [-0.39, 0.29) is 5.78 Å². The van der Waals surface area contributed by atoms with E-state index in [0.29, 0.717) is 11.3 Å². The van der Waals surface area contributed by atoms with Gasteiger partial charge in [0.1, 0.15) is 5.58 Å². The lowest BCUT2D eigenvalue weighted by Crippen LogP contribution is -2.02. The van der Waals surface area contributed by atoms with E-state index in [2.05, 4.69) is 15.9 Å². The summed E-state index contributed by atoms with van der Waals surface area (Å²) < 4.78 is 6.67. The lowest BCUT2D eigenvalue weighted by atomic mass is 10.0. The van der Waals surface area contributed by atoms with Gasteiger partial charge in [0.15, 0.2) is 5.76 Å². The Balaban J connectivity index is 2.13. The van der Waals surface area contributed by atoms with E-state index < -0.39 is 0 Å². The fourth-order valence-corrected chi connectivity index (χ4v) is 2.67. The lowest BCUT2D eigenvalue weighted by molar-refractivity contribution is 0.101. The summed E-state index contributed by atoms with van der Waals surface area (Å²) in [6.45, 7) is 3.90. The first kappa shape index (κ1) is 13.1. The molecular weight excluding hydrogens is 316 g/mol. The van der Waals surface area contributed by atoms with Crippen molar-refractivity contribution in [3.05, 3.63) is 69.4 Å². The number of rotatable bonds is 2. The zero-order valence-corrected chi connectivity index (χ0v) is 12.8. The van der Waals surface area contributed by atoms with Crippen LogP contribution < -0.4 is 0 Å². The topological polar surface area (TPSA) is 30.2 Å². The minimum Gasteiger partial charge on any atom is -0.452 e. The highest BCUT2D eigenvalue weighted by atomic mass is 79.9. The van der Waals surface area contributed by atoms with Gasteiger partial charge in [-0.1, -0.05) is 46.3 Å².